The molecule has 1 aromatic rings. The predicted molar refractivity (Wildman–Crippen MR) is 58.3 cm³/mol. The minimum absolute atomic E-state index is 0.0832. The molecule has 17 heavy (non-hydrogen) atoms. The van der Waals surface area contributed by atoms with Gasteiger partial charge in [-0.3, -0.25) is 4.79 Å². The third-order valence-electron chi connectivity index (χ3n) is 3.03. The van der Waals surface area contributed by atoms with Gasteiger partial charge in [0, 0.05) is 6.42 Å². The molecule has 0 aliphatic heterocycles. The maximum Gasteiger partial charge on any atom is 0.416 e. The average Bonchev–Trinajstić information content (AvgIpc) is 2.59. The van der Waals surface area contributed by atoms with Crippen LogP contribution in [0.25, 0.3) is 5.57 Å². The Labute approximate surface area is 96.9 Å². The van der Waals surface area contributed by atoms with Crippen molar-refractivity contribution in [1.29, 1.82) is 0 Å². The number of hydrogen-bond donors (Lipinski definition) is 0. The Balaban J connectivity index is 2.34. The molecule has 1 aliphatic rings. The van der Waals surface area contributed by atoms with Gasteiger partial charge >= 0.3 is 6.18 Å². The predicted octanol–water partition coefficient (Wildman–Crippen LogP) is 3.84. The first-order valence-corrected chi connectivity index (χ1v) is 5.30. The van der Waals surface area contributed by atoms with Gasteiger partial charge in [-0.25, -0.2) is 0 Å². The normalized spacial score (nSPS) is 16.8. The van der Waals surface area contributed by atoms with Crippen LogP contribution in [0.3, 0.4) is 0 Å². The Morgan fingerprint density at radius 2 is 1.65 bits per heavy atom. The van der Waals surface area contributed by atoms with Gasteiger partial charge in [0.05, 0.1) is 5.56 Å². The average molecular weight is 240 g/mol. The number of carbonyl (C=O) groups excluding carboxylic acids is 1. The molecule has 0 saturated carbocycles. The highest BCUT2D eigenvalue weighted by Gasteiger charge is 2.30. The lowest BCUT2D eigenvalue weighted by Gasteiger charge is -2.08. The first-order chi connectivity index (χ1) is 7.89. The maximum absolute atomic E-state index is 12.4. The lowest BCUT2D eigenvalue weighted by molar-refractivity contribution is -0.137. The first kappa shape index (κ1) is 11.9. The molecule has 0 atom stereocenters. The highest BCUT2D eigenvalue weighted by Crippen LogP contribution is 2.34. The molecule has 0 radical (unpaired) electrons. The molecule has 90 valence electrons. The van der Waals surface area contributed by atoms with E-state index in [1.54, 1.807) is 6.92 Å². The zero-order valence-electron chi connectivity index (χ0n) is 9.27. The van der Waals surface area contributed by atoms with E-state index >= 15 is 0 Å². The van der Waals surface area contributed by atoms with E-state index < -0.39 is 11.7 Å². The summed E-state index contributed by atoms with van der Waals surface area (Å²) in [5, 5.41) is 0. The van der Waals surface area contributed by atoms with Crippen molar-refractivity contribution in [1.82, 2.24) is 0 Å². The van der Waals surface area contributed by atoms with Crippen LogP contribution < -0.4 is 0 Å². The number of alkyl halides is 3. The Kier molecular flexibility index (Phi) is 2.81. The van der Waals surface area contributed by atoms with Gasteiger partial charge in [-0.2, -0.15) is 13.2 Å². The second-order valence-corrected chi connectivity index (χ2v) is 4.10. The third kappa shape index (κ3) is 2.25. The van der Waals surface area contributed by atoms with E-state index in [-0.39, 0.29) is 5.78 Å². The molecule has 0 aromatic heterocycles. The van der Waals surface area contributed by atoms with Gasteiger partial charge in [0.15, 0.2) is 5.78 Å². The monoisotopic (exact) mass is 240 g/mol. The van der Waals surface area contributed by atoms with Gasteiger partial charge in [0.1, 0.15) is 0 Å². The summed E-state index contributed by atoms with van der Waals surface area (Å²) < 4.78 is 37.1. The second kappa shape index (κ2) is 4.02. The lowest BCUT2D eigenvalue weighted by atomic mass is 10.0. The second-order valence-electron chi connectivity index (χ2n) is 4.10. The smallest absolute Gasteiger partial charge is 0.295 e. The Morgan fingerprint density at radius 1 is 1.06 bits per heavy atom. The number of carbonyl (C=O) groups is 1. The molecule has 0 N–H and O–H groups in total. The number of rotatable bonds is 1. The van der Waals surface area contributed by atoms with Gasteiger partial charge < -0.3 is 0 Å². The summed E-state index contributed by atoms with van der Waals surface area (Å²) in [6.45, 7) is 1.72. The summed E-state index contributed by atoms with van der Waals surface area (Å²) in [4.78, 5) is 11.3. The molecule has 0 amide bonds. The molecule has 0 saturated heterocycles. The van der Waals surface area contributed by atoms with E-state index in [9.17, 15) is 18.0 Å². The van der Waals surface area contributed by atoms with Crippen molar-refractivity contribution in [3.63, 3.8) is 0 Å². The molecular weight excluding hydrogens is 229 g/mol. The highest BCUT2D eigenvalue weighted by atomic mass is 19.4. The van der Waals surface area contributed by atoms with E-state index in [2.05, 4.69) is 0 Å². The maximum atomic E-state index is 12.4. The van der Waals surface area contributed by atoms with Crippen molar-refractivity contribution in [3.05, 3.63) is 41.0 Å². The zero-order chi connectivity index (χ0) is 12.6. The number of benzene rings is 1. The zero-order valence-corrected chi connectivity index (χ0v) is 9.27. The topological polar surface area (TPSA) is 17.1 Å². The molecule has 0 fully saturated rings. The van der Waals surface area contributed by atoms with Crippen LogP contribution in [0, 0.1) is 0 Å². The standard InChI is InChI=1S/C13H11F3O/c1-8-11(6-7-12(8)17)9-2-4-10(5-3-9)13(14,15)16/h2-5H,6-7H2,1H3. The molecule has 0 heterocycles. The summed E-state index contributed by atoms with van der Waals surface area (Å²) in [5.41, 5.74) is 1.58. The van der Waals surface area contributed by atoms with Crippen LogP contribution in [-0.4, -0.2) is 5.78 Å². The van der Waals surface area contributed by atoms with Gasteiger partial charge in [-0.15, -0.1) is 0 Å². The van der Waals surface area contributed by atoms with Crippen molar-refractivity contribution in [2.75, 3.05) is 0 Å². The molecule has 0 bridgehead atoms. The van der Waals surface area contributed by atoms with Crippen LogP contribution in [-0.2, 0) is 11.0 Å². The fourth-order valence-electron chi connectivity index (χ4n) is 2.00. The van der Waals surface area contributed by atoms with E-state index in [4.69, 9.17) is 0 Å². The molecule has 0 unspecified atom stereocenters. The molecule has 1 aromatic carbocycles. The van der Waals surface area contributed by atoms with Crippen molar-refractivity contribution < 1.29 is 18.0 Å². The fraction of sp³-hybridized carbons (Fsp3) is 0.308. The van der Waals surface area contributed by atoms with E-state index in [0.717, 1.165) is 17.7 Å². The van der Waals surface area contributed by atoms with E-state index in [1.165, 1.54) is 12.1 Å². The number of hydrogen-bond acceptors (Lipinski definition) is 1. The highest BCUT2D eigenvalue weighted by molar-refractivity contribution is 6.06. The summed E-state index contributed by atoms with van der Waals surface area (Å²) in [5.74, 6) is 0.0832. The number of allylic oxidation sites excluding steroid dienone is 2. The molecule has 0 spiro atoms. The summed E-state index contributed by atoms with van der Waals surface area (Å²) in [6.07, 6.45) is -3.23. The summed E-state index contributed by atoms with van der Waals surface area (Å²) in [7, 11) is 0. The fourth-order valence-corrected chi connectivity index (χ4v) is 2.00. The van der Waals surface area contributed by atoms with E-state index in [1.807, 2.05) is 0 Å². The number of halogens is 3. The number of ketones is 1. The van der Waals surface area contributed by atoms with Gasteiger partial charge in [0.2, 0.25) is 0 Å². The van der Waals surface area contributed by atoms with Crippen molar-refractivity contribution in [2.24, 2.45) is 0 Å². The van der Waals surface area contributed by atoms with Crippen molar-refractivity contribution >= 4 is 11.4 Å². The Hall–Kier alpha value is -1.58. The number of Topliss-reactive ketones (excluding diaryl/α,β-unsaturated/α-hetero) is 1. The Bertz CT molecular complexity index is 480. The van der Waals surface area contributed by atoms with Gasteiger partial charge in [0.25, 0.3) is 0 Å². The van der Waals surface area contributed by atoms with Crippen LogP contribution in [0.2, 0.25) is 0 Å². The van der Waals surface area contributed by atoms with Crippen LogP contribution in [0.4, 0.5) is 13.2 Å². The minimum atomic E-state index is -4.31. The molecular formula is C13H11F3O. The minimum Gasteiger partial charge on any atom is -0.295 e. The molecule has 1 nitrogen and oxygen atoms in total. The first-order valence-electron chi connectivity index (χ1n) is 5.30. The van der Waals surface area contributed by atoms with Crippen molar-refractivity contribution in [2.45, 2.75) is 25.9 Å². The van der Waals surface area contributed by atoms with E-state index in [0.29, 0.717) is 24.0 Å². The molecule has 4 heteroatoms. The third-order valence-corrected chi connectivity index (χ3v) is 3.03. The molecule has 1 aliphatic carbocycles. The van der Waals surface area contributed by atoms with Gasteiger partial charge in [-0.1, -0.05) is 12.1 Å². The largest absolute Gasteiger partial charge is 0.416 e. The van der Waals surface area contributed by atoms with Crippen LogP contribution in [0.1, 0.15) is 30.9 Å². The molecule has 2 rings (SSSR count). The quantitative estimate of drug-likeness (QED) is 0.728. The van der Waals surface area contributed by atoms with Crippen molar-refractivity contribution in [3.8, 4) is 0 Å². The van der Waals surface area contributed by atoms with Crippen LogP contribution in [0.15, 0.2) is 29.8 Å². The van der Waals surface area contributed by atoms with Crippen LogP contribution in [0.5, 0.6) is 0 Å². The van der Waals surface area contributed by atoms with Crippen LogP contribution >= 0.6 is 0 Å². The summed E-state index contributed by atoms with van der Waals surface area (Å²) in [6, 6.07) is 4.97. The summed E-state index contributed by atoms with van der Waals surface area (Å²) >= 11 is 0. The van der Waals surface area contributed by atoms with Gasteiger partial charge in [-0.05, 0) is 42.2 Å². The Morgan fingerprint density at radius 3 is 2.06 bits per heavy atom. The lowest BCUT2D eigenvalue weighted by Crippen LogP contribution is -2.04. The SMILES string of the molecule is CC1=C(c2ccc(C(F)(F)F)cc2)CCC1=O.